The van der Waals surface area contributed by atoms with Crippen LogP contribution in [-0.4, -0.2) is 28.3 Å². The molecule has 7 nitrogen and oxygen atoms in total. The van der Waals surface area contributed by atoms with Gasteiger partial charge in [0, 0.05) is 5.38 Å². The summed E-state index contributed by atoms with van der Waals surface area (Å²) >= 11 is -1.37. The van der Waals surface area contributed by atoms with E-state index >= 15 is 0 Å². The van der Waals surface area contributed by atoms with Crippen molar-refractivity contribution in [2.24, 2.45) is 0 Å². The Hall–Kier alpha value is -3.31. The molecule has 1 atom stereocenters. The highest BCUT2D eigenvalue weighted by Gasteiger charge is 2.24. The molecule has 1 aromatic heterocycles. The number of sulfone groups is 1. The van der Waals surface area contributed by atoms with Crippen molar-refractivity contribution < 1.29 is 27.1 Å². The summed E-state index contributed by atoms with van der Waals surface area (Å²) in [5.74, 6) is -0.979. The molecule has 0 amide bonds. The Morgan fingerprint density at radius 1 is 0.889 bits per heavy atom. The van der Waals surface area contributed by atoms with Crippen LogP contribution in [0.3, 0.4) is 0 Å². The van der Waals surface area contributed by atoms with Crippen LogP contribution in [-0.2, 0) is 33.9 Å². The highest BCUT2D eigenvalue weighted by Crippen LogP contribution is 2.37. The first-order valence-electron chi connectivity index (χ1n) is 11.0. The van der Waals surface area contributed by atoms with E-state index in [9.17, 15) is 27.1 Å². The van der Waals surface area contributed by atoms with Gasteiger partial charge in [-0.2, -0.15) is 0 Å². The number of thiophene rings is 1. The number of carbonyl (C=O) groups is 1. The van der Waals surface area contributed by atoms with Gasteiger partial charge in [-0.05, 0) is 66.8 Å². The second-order valence-electron chi connectivity index (χ2n) is 7.95. The van der Waals surface area contributed by atoms with Gasteiger partial charge in [-0.25, -0.2) is 21.7 Å². The van der Waals surface area contributed by atoms with E-state index in [1.54, 1.807) is 48.5 Å². The van der Waals surface area contributed by atoms with Crippen molar-refractivity contribution in [1.82, 2.24) is 0 Å². The summed E-state index contributed by atoms with van der Waals surface area (Å²) in [6, 6.07) is 23.4. The SMILES string of the molecule is O=C(O)c1cccc(CCCc2ccccc2N(c2cc(S(=O)(=O)c3ccccc3)cs2)S(=O)O)c1. The number of aryl methyl sites for hydroxylation is 2. The average Bonchev–Trinajstić information content (AvgIpc) is 3.36. The van der Waals surface area contributed by atoms with Crippen molar-refractivity contribution in [2.45, 2.75) is 29.1 Å². The van der Waals surface area contributed by atoms with Crippen LogP contribution < -0.4 is 4.31 Å². The molecule has 186 valence electrons. The van der Waals surface area contributed by atoms with E-state index in [0.717, 1.165) is 22.5 Å². The molecule has 0 fully saturated rings. The first-order valence-corrected chi connectivity index (χ1v) is 14.4. The van der Waals surface area contributed by atoms with Crippen molar-refractivity contribution >= 4 is 49.1 Å². The van der Waals surface area contributed by atoms with Gasteiger partial charge in [-0.15, -0.1) is 11.3 Å². The molecule has 4 aromatic rings. The number of para-hydroxylation sites is 1. The molecule has 0 spiro atoms. The van der Waals surface area contributed by atoms with Crippen molar-refractivity contribution in [1.29, 1.82) is 0 Å². The Morgan fingerprint density at radius 3 is 2.33 bits per heavy atom. The number of aromatic carboxylic acids is 1. The zero-order chi connectivity index (χ0) is 25.7. The summed E-state index contributed by atoms with van der Waals surface area (Å²) in [6.07, 6.45) is 1.89. The lowest BCUT2D eigenvalue weighted by molar-refractivity contribution is 0.0696. The van der Waals surface area contributed by atoms with Crippen molar-refractivity contribution in [2.75, 3.05) is 4.31 Å². The Kier molecular flexibility index (Phi) is 8.00. The average molecular weight is 542 g/mol. The molecule has 1 heterocycles. The van der Waals surface area contributed by atoms with Crippen LogP contribution in [0.4, 0.5) is 10.7 Å². The van der Waals surface area contributed by atoms with Gasteiger partial charge in [0.2, 0.25) is 9.84 Å². The van der Waals surface area contributed by atoms with Crippen molar-refractivity contribution in [3.8, 4) is 0 Å². The molecule has 0 saturated carbocycles. The third-order valence-electron chi connectivity index (χ3n) is 5.58. The standard InChI is InChI=1S/C26H23NO6S3/c28-26(29)21-12-7-9-19(16-21)8-6-11-20-10-4-5-15-24(20)27(35(30)31)25-17-23(18-34-25)36(32,33)22-13-2-1-3-14-22/h1-5,7,9-10,12-18H,6,8,11H2,(H,28,29)(H,30,31). The molecule has 0 aliphatic rings. The van der Waals surface area contributed by atoms with Gasteiger partial charge in [0.05, 0.1) is 21.0 Å². The first kappa shape index (κ1) is 25.8. The number of hydrogen-bond donors (Lipinski definition) is 2. The topological polar surface area (TPSA) is 112 Å². The van der Waals surface area contributed by atoms with Crippen LogP contribution in [0.2, 0.25) is 0 Å². The van der Waals surface area contributed by atoms with Gasteiger partial charge in [0.15, 0.2) is 0 Å². The number of carboxylic acid groups (broad SMARTS) is 1. The fourth-order valence-corrected chi connectivity index (χ4v) is 7.18. The lowest BCUT2D eigenvalue weighted by Gasteiger charge is -2.21. The molecular weight excluding hydrogens is 518 g/mol. The number of anilines is 2. The zero-order valence-corrected chi connectivity index (χ0v) is 21.4. The van der Waals surface area contributed by atoms with Crippen LogP contribution in [0.5, 0.6) is 0 Å². The fourth-order valence-electron chi connectivity index (χ4n) is 3.83. The quantitative estimate of drug-likeness (QED) is 0.248. The second-order valence-corrected chi connectivity index (χ2v) is 11.6. The van der Waals surface area contributed by atoms with Gasteiger partial charge in [-0.3, -0.25) is 4.55 Å². The van der Waals surface area contributed by atoms with Crippen LogP contribution >= 0.6 is 11.3 Å². The number of hydrogen-bond acceptors (Lipinski definition) is 5. The van der Waals surface area contributed by atoms with Gasteiger partial charge in [0.1, 0.15) is 5.00 Å². The Bertz CT molecular complexity index is 1500. The molecule has 0 aliphatic heterocycles. The fraction of sp³-hybridized carbons (Fsp3) is 0.115. The molecule has 0 radical (unpaired) electrons. The minimum atomic E-state index is -3.76. The van der Waals surface area contributed by atoms with Crippen LogP contribution in [0.15, 0.2) is 100 Å². The molecule has 10 heteroatoms. The summed E-state index contributed by atoms with van der Waals surface area (Å²) in [5.41, 5.74) is 2.44. The number of carboxylic acids is 1. The smallest absolute Gasteiger partial charge is 0.335 e. The summed E-state index contributed by atoms with van der Waals surface area (Å²) in [6.45, 7) is 0. The minimum absolute atomic E-state index is 0.0555. The molecule has 4 rings (SSSR count). The molecule has 0 bridgehead atoms. The lowest BCUT2D eigenvalue weighted by Crippen LogP contribution is -2.19. The van der Waals surface area contributed by atoms with E-state index in [4.69, 9.17) is 0 Å². The van der Waals surface area contributed by atoms with Crippen LogP contribution in [0.1, 0.15) is 27.9 Å². The molecule has 2 N–H and O–H groups in total. The predicted octanol–water partition coefficient (Wildman–Crippen LogP) is 5.73. The highest BCUT2D eigenvalue weighted by molar-refractivity contribution is 7.91. The maximum absolute atomic E-state index is 13.0. The number of benzene rings is 3. The first-order chi connectivity index (χ1) is 17.3. The van der Waals surface area contributed by atoms with Crippen molar-refractivity contribution in [3.05, 3.63) is 107 Å². The monoisotopic (exact) mass is 541 g/mol. The van der Waals surface area contributed by atoms with Gasteiger partial charge >= 0.3 is 5.97 Å². The number of rotatable bonds is 10. The van der Waals surface area contributed by atoms with E-state index in [0.29, 0.717) is 30.0 Å². The lowest BCUT2D eigenvalue weighted by atomic mass is 10.0. The largest absolute Gasteiger partial charge is 0.478 e. The minimum Gasteiger partial charge on any atom is -0.478 e. The molecular formula is C26H23NO6S3. The highest BCUT2D eigenvalue weighted by atomic mass is 32.2. The van der Waals surface area contributed by atoms with Gasteiger partial charge < -0.3 is 5.11 Å². The second kappa shape index (κ2) is 11.2. The molecule has 0 saturated heterocycles. The molecule has 3 aromatic carbocycles. The third kappa shape index (κ3) is 5.73. The summed E-state index contributed by atoms with van der Waals surface area (Å²) in [5, 5.41) is 11.0. The van der Waals surface area contributed by atoms with Gasteiger partial charge in [0.25, 0.3) is 11.3 Å². The van der Waals surface area contributed by atoms with Crippen molar-refractivity contribution in [3.63, 3.8) is 0 Å². The zero-order valence-electron chi connectivity index (χ0n) is 19.0. The maximum Gasteiger partial charge on any atom is 0.335 e. The molecule has 0 aliphatic carbocycles. The number of nitrogens with zero attached hydrogens (tertiary/aromatic N) is 1. The molecule has 36 heavy (non-hydrogen) atoms. The van der Waals surface area contributed by atoms with E-state index in [1.807, 2.05) is 18.2 Å². The summed E-state index contributed by atoms with van der Waals surface area (Å²) in [7, 11) is -3.76. The van der Waals surface area contributed by atoms with Gasteiger partial charge in [-0.1, -0.05) is 48.5 Å². The predicted molar refractivity (Wildman–Crippen MR) is 141 cm³/mol. The van der Waals surface area contributed by atoms with Crippen LogP contribution in [0.25, 0.3) is 0 Å². The van der Waals surface area contributed by atoms with E-state index < -0.39 is 27.1 Å². The maximum atomic E-state index is 13.0. The van der Waals surface area contributed by atoms with E-state index in [-0.39, 0.29) is 15.4 Å². The third-order valence-corrected chi connectivity index (χ3v) is 9.21. The summed E-state index contributed by atoms with van der Waals surface area (Å²) in [4.78, 5) is 11.4. The van der Waals surface area contributed by atoms with Crippen LogP contribution in [0, 0.1) is 0 Å². The Morgan fingerprint density at radius 2 is 1.61 bits per heavy atom. The summed E-state index contributed by atoms with van der Waals surface area (Å²) < 4.78 is 49.8. The Balaban J connectivity index is 1.58. The normalized spacial score (nSPS) is 12.2. The van der Waals surface area contributed by atoms with E-state index in [1.165, 1.54) is 27.9 Å². The Labute approximate surface area is 216 Å². The van der Waals surface area contributed by atoms with E-state index in [2.05, 4.69) is 0 Å². The molecule has 1 unspecified atom stereocenters.